The average molecular weight is 508 g/mol. The number of fused-ring (bicyclic) bond motifs is 1. The highest BCUT2D eigenvalue weighted by Gasteiger charge is 2.37. The first-order valence-electron chi connectivity index (χ1n) is 13.0. The van der Waals surface area contributed by atoms with Gasteiger partial charge in [0.15, 0.2) is 11.5 Å². The second kappa shape index (κ2) is 11.1. The largest absolute Gasteiger partial charge is 0.497 e. The standard InChI is InChI=1S/C28H33N3O6/c1-35-22-7-5-6-21(16-22)27(33)31-14-10-19(11-15-31)25(28(34)30-12-3-2-4-13-30)29-26(32)20-8-9-23-24(17-20)37-18-36-23/h5-9,16-17,19,25H,2-4,10-15,18H2,1H3,(H,29,32)/t25-/m1/s1. The number of carbonyl (C=O) groups excluding carboxylic acids is 3. The summed E-state index contributed by atoms with van der Waals surface area (Å²) in [6, 6.07) is 11.5. The van der Waals surface area contributed by atoms with Crippen LogP contribution < -0.4 is 19.5 Å². The zero-order valence-electron chi connectivity index (χ0n) is 21.1. The molecule has 196 valence electrons. The number of rotatable bonds is 6. The Hall–Kier alpha value is -3.75. The summed E-state index contributed by atoms with van der Waals surface area (Å²) < 4.78 is 16.0. The molecule has 0 spiro atoms. The Bertz CT molecular complexity index is 1150. The van der Waals surface area contributed by atoms with Crippen molar-refractivity contribution in [2.24, 2.45) is 5.92 Å². The zero-order chi connectivity index (χ0) is 25.8. The highest BCUT2D eigenvalue weighted by Crippen LogP contribution is 2.33. The van der Waals surface area contributed by atoms with Crippen LogP contribution in [0, 0.1) is 5.92 Å². The third-order valence-electron chi connectivity index (χ3n) is 7.47. The van der Waals surface area contributed by atoms with Crippen molar-refractivity contribution in [1.82, 2.24) is 15.1 Å². The van der Waals surface area contributed by atoms with Crippen molar-refractivity contribution in [3.05, 3.63) is 53.6 Å². The highest BCUT2D eigenvalue weighted by atomic mass is 16.7. The Morgan fingerprint density at radius 2 is 1.65 bits per heavy atom. The van der Waals surface area contributed by atoms with E-state index in [-0.39, 0.29) is 30.4 Å². The molecular formula is C28H33N3O6. The van der Waals surface area contributed by atoms with Gasteiger partial charge in [0.1, 0.15) is 11.8 Å². The second-order valence-corrected chi connectivity index (χ2v) is 9.77. The molecule has 5 rings (SSSR count). The highest BCUT2D eigenvalue weighted by molar-refractivity contribution is 5.98. The first-order valence-corrected chi connectivity index (χ1v) is 13.0. The van der Waals surface area contributed by atoms with Crippen LogP contribution in [0.5, 0.6) is 17.2 Å². The maximum absolute atomic E-state index is 13.6. The average Bonchev–Trinajstić information content (AvgIpc) is 3.44. The van der Waals surface area contributed by atoms with E-state index in [2.05, 4.69) is 5.32 Å². The number of nitrogens with one attached hydrogen (secondary N) is 1. The van der Waals surface area contributed by atoms with Gasteiger partial charge >= 0.3 is 0 Å². The van der Waals surface area contributed by atoms with Crippen LogP contribution in [0.2, 0.25) is 0 Å². The van der Waals surface area contributed by atoms with Crippen molar-refractivity contribution >= 4 is 17.7 Å². The lowest BCUT2D eigenvalue weighted by atomic mass is 9.87. The molecule has 3 amide bonds. The quantitative estimate of drug-likeness (QED) is 0.646. The van der Waals surface area contributed by atoms with E-state index in [1.54, 1.807) is 43.5 Å². The molecule has 0 bridgehead atoms. The summed E-state index contributed by atoms with van der Waals surface area (Å²) in [6.45, 7) is 2.59. The van der Waals surface area contributed by atoms with Gasteiger partial charge in [0, 0.05) is 37.3 Å². The van der Waals surface area contributed by atoms with Crippen molar-refractivity contribution < 1.29 is 28.6 Å². The van der Waals surface area contributed by atoms with Crippen LogP contribution in [0.4, 0.5) is 0 Å². The molecule has 0 aromatic heterocycles. The first kappa shape index (κ1) is 24.9. The number of nitrogens with zero attached hydrogens (tertiary/aromatic N) is 2. The number of piperidine rings is 2. The molecule has 2 aromatic rings. The topological polar surface area (TPSA) is 97.4 Å². The Kier molecular flexibility index (Phi) is 7.48. The van der Waals surface area contributed by atoms with E-state index in [1.165, 1.54) is 0 Å². The Balaban J connectivity index is 1.29. The van der Waals surface area contributed by atoms with Gasteiger partial charge in [-0.15, -0.1) is 0 Å². The Morgan fingerprint density at radius 1 is 0.892 bits per heavy atom. The van der Waals surface area contributed by atoms with Gasteiger partial charge in [-0.25, -0.2) is 0 Å². The van der Waals surface area contributed by atoms with Gasteiger partial charge in [0.05, 0.1) is 7.11 Å². The molecule has 3 heterocycles. The first-order chi connectivity index (χ1) is 18.0. The summed E-state index contributed by atoms with van der Waals surface area (Å²) in [6.07, 6.45) is 4.32. The SMILES string of the molecule is COc1cccc(C(=O)N2CCC([C@@H](NC(=O)c3ccc4c(c3)OCO4)C(=O)N3CCCCC3)CC2)c1. The molecule has 0 unspecified atom stereocenters. The van der Waals surface area contributed by atoms with Crippen LogP contribution in [-0.4, -0.2) is 73.6 Å². The summed E-state index contributed by atoms with van der Waals surface area (Å²) in [7, 11) is 1.58. The molecule has 1 atom stereocenters. The molecule has 2 fully saturated rings. The molecule has 9 nitrogen and oxygen atoms in total. The maximum atomic E-state index is 13.6. The lowest BCUT2D eigenvalue weighted by molar-refractivity contribution is -0.136. The molecule has 0 radical (unpaired) electrons. The molecule has 0 aliphatic carbocycles. The summed E-state index contributed by atoms with van der Waals surface area (Å²) in [4.78, 5) is 43.7. The molecule has 0 saturated carbocycles. The molecular weight excluding hydrogens is 474 g/mol. The number of hydrogen-bond acceptors (Lipinski definition) is 6. The predicted molar refractivity (Wildman–Crippen MR) is 136 cm³/mol. The fourth-order valence-corrected chi connectivity index (χ4v) is 5.33. The van der Waals surface area contributed by atoms with E-state index in [0.717, 1.165) is 19.3 Å². The number of likely N-dealkylation sites (tertiary alicyclic amines) is 2. The fraction of sp³-hybridized carbons (Fsp3) is 0.464. The van der Waals surface area contributed by atoms with Gasteiger partial charge in [-0.1, -0.05) is 6.07 Å². The minimum Gasteiger partial charge on any atom is -0.497 e. The van der Waals surface area contributed by atoms with Crippen molar-refractivity contribution in [3.8, 4) is 17.2 Å². The van der Waals surface area contributed by atoms with Crippen LogP contribution in [0.3, 0.4) is 0 Å². The molecule has 1 N–H and O–H groups in total. The van der Waals surface area contributed by atoms with E-state index in [9.17, 15) is 14.4 Å². The van der Waals surface area contributed by atoms with Crippen LogP contribution >= 0.6 is 0 Å². The number of hydrogen-bond donors (Lipinski definition) is 1. The Morgan fingerprint density at radius 3 is 2.41 bits per heavy atom. The molecule has 3 aliphatic heterocycles. The summed E-state index contributed by atoms with van der Waals surface area (Å²) in [5.74, 6) is 1.29. The lowest BCUT2D eigenvalue weighted by Gasteiger charge is -2.38. The number of carbonyl (C=O) groups is 3. The monoisotopic (exact) mass is 507 g/mol. The van der Waals surface area contributed by atoms with Crippen molar-refractivity contribution in [3.63, 3.8) is 0 Å². The van der Waals surface area contributed by atoms with Gasteiger partial charge in [0.2, 0.25) is 12.7 Å². The number of methoxy groups -OCH3 is 1. The van der Waals surface area contributed by atoms with Crippen molar-refractivity contribution in [1.29, 1.82) is 0 Å². The molecule has 2 aromatic carbocycles. The minimum absolute atomic E-state index is 0.0358. The number of ether oxygens (including phenoxy) is 3. The van der Waals surface area contributed by atoms with Gasteiger partial charge < -0.3 is 29.3 Å². The summed E-state index contributed by atoms with van der Waals surface area (Å²) in [5, 5.41) is 3.04. The minimum atomic E-state index is -0.648. The summed E-state index contributed by atoms with van der Waals surface area (Å²) >= 11 is 0. The zero-order valence-corrected chi connectivity index (χ0v) is 21.1. The van der Waals surface area contributed by atoms with Crippen molar-refractivity contribution in [2.75, 3.05) is 40.1 Å². The van der Waals surface area contributed by atoms with E-state index in [4.69, 9.17) is 14.2 Å². The van der Waals surface area contributed by atoms with Gasteiger partial charge in [-0.3, -0.25) is 14.4 Å². The lowest BCUT2D eigenvalue weighted by Crippen LogP contribution is -2.55. The third-order valence-corrected chi connectivity index (χ3v) is 7.47. The summed E-state index contributed by atoms with van der Waals surface area (Å²) in [5.41, 5.74) is 1.00. The number of amides is 3. The van der Waals surface area contributed by atoms with Crippen molar-refractivity contribution in [2.45, 2.75) is 38.1 Å². The smallest absolute Gasteiger partial charge is 0.253 e. The van der Waals surface area contributed by atoms with Gasteiger partial charge in [-0.05, 0) is 74.4 Å². The van der Waals surface area contributed by atoms with E-state index >= 15 is 0 Å². The van der Waals surface area contributed by atoms with Crippen LogP contribution in [0.1, 0.15) is 52.8 Å². The van der Waals surface area contributed by atoms with E-state index in [0.29, 0.717) is 67.4 Å². The van der Waals surface area contributed by atoms with Crippen LogP contribution in [0.15, 0.2) is 42.5 Å². The van der Waals surface area contributed by atoms with E-state index < -0.39 is 6.04 Å². The third kappa shape index (κ3) is 5.50. The predicted octanol–water partition coefficient (Wildman–Crippen LogP) is 3.09. The molecule has 3 aliphatic rings. The molecule has 37 heavy (non-hydrogen) atoms. The molecule has 9 heteroatoms. The van der Waals surface area contributed by atoms with Crippen LogP contribution in [-0.2, 0) is 4.79 Å². The van der Waals surface area contributed by atoms with E-state index in [1.807, 2.05) is 15.9 Å². The fourth-order valence-electron chi connectivity index (χ4n) is 5.33. The Labute approximate surface area is 216 Å². The number of benzene rings is 2. The van der Waals surface area contributed by atoms with Gasteiger partial charge in [-0.2, -0.15) is 0 Å². The van der Waals surface area contributed by atoms with Crippen LogP contribution in [0.25, 0.3) is 0 Å². The second-order valence-electron chi connectivity index (χ2n) is 9.77. The van der Waals surface area contributed by atoms with Gasteiger partial charge in [0.25, 0.3) is 11.8 Å². The molecule has 2 saturated heterocycles. The maximum Gasteiger partial charge on any atom is 0.253 e. The normalized spacial score (nSPS) is 18.3.